The summed E-state index contributed by atoms with van der Waals surface area (Å²) in [6.45, 7) is 2.85. The smallest absolute Gasteiger partial charge is 0.140 e. The lowest BCUT2D eigenvalue weighted by Gasteiger charge is -1.91. The van der Waals surface area contributed by atoms with Gasteiger partial charge in [-0.3, -0.25) is 4.68 Å². The maximum absolute atomic E-state index is 8.86. The number of H-pyrrole nitrogens is 1. The Balaban J connectivity index is 2.29. The van der Waals surface area contributed by atoms with Gasteiger partial charge in [-0.15, -0.1) is 0 Å². The standard InChI is InChI=1S/C9H12N4O/c1-2-13-5-7(3-11-13)9-10-4-8(6-14)12-9/h3-5,14H,2,6H2,1H3,(H,10,12). The minimum Gasteiger partial charge on any atom is -0.390 e. The number of nitrogens with one attached hydrogen (secondary N) is 1. The number of aromatic nitrogens is 4. The molecule has 0 fully saturated rings. The van der Waals surface area contributed by atoms with Gasteiger partial charge < -0.3 is 10.1 Å². The summed E-state index contributed by atoms with van der Waals surface area (Å²) in [5.41, 5.74) is 1.65. The molecule has 2 aromatic rings. The molecule has 5 heteroatoms. The van der Waals surface area contributed by atoms with Crippen molar-refractivity contribution >= 4 is 0 Å². The van der Waals surface area contributed by atoms with Gasteiger partial charge in [0.2, 0.25) is 0 Å². The largest absolute Gasteiger partial charge is 0.390 e. The van der Waals surface area contributed by atoms with Crippen LogP contribution in [-0.2, 0) is 13.2 Å². The van der Waals surface area contributed by atoms with Gasteiger partial charge in [-0.1, -0.05) is 0 Å². The Hall–Kier alpha value is -1.62. The van der Waals surface area contributed by atoms with Crippen LogP contribution in [0.25, 0.3) is 11.4 Å². The highest BCUT2D eigenvalue weighted by Crippen LogP contribution is 2.14. The van der Waals surface area contributed by atoms with Crippen LogP contribution in [0.2, 0.25) is 0 Å². The summed E-state index contributed by atoms with van der Waals surface area (Å²) in [5.74, 6) is 0.744. The number of hydrogen-bond acceptors (Lipinski definition) is 3. The van der Waals surface area contributed by atoms with E-state index < -0.39 is 0 Å². The molecule has 2 rings (SSSR count). The molecule has 14 heavy (non-hydrogen) atoms. The van der Waals surface area contributed by atoms with E-state index in [2.05, 4.69) is 15.1 Å². The molecule has 2 heterocycles. The van der Waals surface area contributed by atoms with Gasteiger partial charge in [-0.25, -0.2) is 4.98 Å². The molecule has 0 unspecified atom stereocenters. The highest BCUT2D eigenvalue weighted by Gasteiger charge is 2.04. The molecule has 0 saturated heterocycles. The normalized spacial score (nSPS) is 10.7. The molecule has 0 saturated carbocycles. The number of aliphatic hydroxyl groups excluding tert-OH is 1. The van der Waals surface area contributed by atoms with E-state index in [9.17, 15) is 0 Å². The summed E-state index contributed by atoms with van der Waals surface area (Å²) in [7, 11) is 0. The SMILES string of the molecule is CCn1cc(-c2ncc(CO)[nH]2)cn1. The first-order valence-electron chi connectivity index (χ1n) is 4.51. The van der Waals surface area contributed by atoms with Gasteiger partial charge in [0.05, 0.1) is 30.3 Å². The Morgan fingerprint density at radius 2 is 2.36 bits per heavy atom. The van der Waals surface area contributed by atoms with Crippen molar-refractivity contribution in [3.8, 4) is 11.4 Å². The number of nitrogens with zero attached hydrogens (tertiary/aromatic N) is 3. The molecule has 0 bridgehead atoms. The van der Waals surface area contributed by atoms with Gasteiger partial charge in [0.1, 0.15) is 5.82 Å². The second-order valence-electron chi connectivity index (χ2n) is 3.00. The molecular formula is C9H12N4O. The monoisotopic (exact) mass is 192 g/mol. The van der Waals surface area contributed by atoms with Crippen molar-refractivity contribution in [2.75, 3.05) is 0 Å². The minimum atomic E-state index is -0.0189. The van der Waals surface area contributed by atoms with Gasteiger partial charge in [-0.05, 0) is 6.92 Å². The van der Waals surface area contributed by atoms with Crippen LogP contribution in [0.1, 0.15) is 12.6 Å². The highest BCUT2D eigenvalue weighted by molar-refractivity contribution is 5.52. The molecule has 0 aliphatic heterocycles. The van der Waals surface area contributed by atoms with Gasteiger partial charge in [0, 0.05) is 12.7 Å². The lowest BCUT2D eigenvalue weighted by molar-refractivity contribution is 0.277. The zero-order valence-electron chi connectivity index (χ0n) is 7.94. The summed E-state index contributed by atoms with van der Waals surface area (Å²) in [4.78, 5) is 7.14. The second-order valence-corrected chi connectivity index (χ2v) is 3.00. The molecule has 0 radical (unpaired) electrons. The van der Waals surface area contributed by atoms with Crippen LogP contribution in [0.3, 0.4) is 0 Å². The summed E-state index contributed by atoms with van der Waals surface area (Å²) >= 11 is 0. The second kappa shape index (κ2) is 3.63. The zero-order chi connectivity index (χ0) is 9.97. The molecule has 74 valence electrons. The van der Waals surface area contributed by atoms with E-state index in [-0.39, 0.29) is 6.61 Å². The Labute approximate surface area is 81.4 Å². The molecule has 2 N–H and O–H groups in total. The van der Waals surface area contributed by atoms with E-state index in [0.717, 1.165) is 17.9 Å². The highest BCUT2D eigenvalue weighted by atomic mass is 16.3. The predicted octanol–water partition coefficient (Wildman–Crippen LogP) is 0.785. The molecule has 0 atom stereocenters. The topological polar surface area (TPSA) is 66.7 Å². The number of imidazole rings is 1. The number of hydrogen-bond donors (Lipinski definition) is 2. The fraction of sp³-hybridized carbons (Fsp3) is 0.333. The Kier molecular flexibility index (Phi) is 2.32. The summed E-state index contributed by atoms with van der Waals surface area (Å²) in [5, 5.41) is 13.0. The third-order valence-electron chi connectivity index (χ3n) is 2.03. The van der Waals surface area contributed by atoms with Crippen molar-refractivity contribution in [3.05, 3.63) is 24.3 Å². The molecule has 0 aromatic carbocycles. The van der Waals surface area contributed by atoms with Gasteiger partial charge in [-0.2, -0.15) is 5.10 Å². The van der Waals surface area contributed by atoms with Crippen LogP contribution in [-0.4, -0.2) is 24.9 Å². The van der Waals surface area contributed by atoms with Crippen molar-refractivity contribution < 1.29 is 5.11 Å². The average molecular weight is 192 g/mol. The molecular weight excluding hydrogens is 180 g/mol. The molecule has 5 nitrogen and oxygen atoms in total. The maximum Gasteiger partial charge on any atom is 0.140 e. The molecule has 0 aliphatic carbocycles. The van der Waals surface area contributed by atoms with Crippen LogP contribution >= 0.6 is 0 Å². The van der Waals surface area contributed by atoms with E-state index in [4.69, 9.17) is 5.11 Å². The van der Waals surface area contributed by atoms with E-state index in [1.807, 2.05) is 17.8 Å². The predicted molar refractivity (Wildman–Crippen MR) is 51.4 cm³/mol. The van der Waals surface area contributed by atoms with Crippen LogP contribution in [0.15, 0.2) is 18.6 Å². The maximum atomic E-state index is 8.86. The Morgan fingerprint density at radius 3 is 2.93 bits per heavy atom. The minimum absolute atomic E-state index is 0.0189. The molecule has 0 spiro atoms. The first-order chi connectivity index (χ1) is 6.83. The van der Waals surface area contributed by atoms with Crippen molar-refractivity contribution in [1.82, 2.24) is 19.7 Å². The number of aryl methyl sites for hydroxylation is 1. The van der Waals surface area contributed by atoms with Gasteiger partial charge in [0.25, 0.3) is 0 Å². The van der Waals surface area contributed by atoms with E-state index in [1.165, 1.54) is 0 Å². The van der Waals surface area contributed by atoms with E-state index in [0.29, 0.717) is 5.69 Å². The summed E-state index contributed by atoms with van der Waals surface area (Å²) in [6.07, 6.45) is 5.29. The van der Waals surface area contributed by atoms with Crippen molar-refractivity contribution in [3.63, 3.8) is 0 Å². The lowest BCUT2D eigenvalue weighted by Crippen LogP contribution is -1.92. The van der Waals surface area contributed by atoms with E-state index >= 15 is 0 Å². The molecule has 0 amide bonds. The summed E-state index contributed by atoms with van der Waals surface area (Å²) in [6, 6.07) is 0. The van der Waals surface area contributed by atoms with Crippen molar-refractivity contribution in [1.29, 1.82) is 0 Å². The third-order valence-corrected chi connectivity index (χ3v) is 2.03. The lowest BCUT2D eigenvalue weighted by atomic mass is 10.3. The van der Waals surface area contributed by atoms with Crippen LogP contribution < -0.4 is 0 Å². The quantitative estimate of drug-likeness (QED) is 0.755. The molecule has 0 aliphatic rings. The Morgan fingerprint density at radius 1 is 1.50 bits per heavy atom. The number of aromatic amines is 1. The average Bonchev–Trinajstić information content (AvgIpc) is 2.86. The Bertz CT molecular complexity index is 378. The third kappa shape index (κ3) is 1.54. The van der Waals surface area contributed by atoms with Crippen LogP contribution in [0.4, 0.5) is 0 Å². The first-order valence-corrected chi connectivity index (χ1v) is 4.51. The van der Waals surface area contributed by atoms with Crippen molar-refractivity contribution in [2.24, 2.45) is 0 Å². The zero-order valence-corrected chi connectivity index (χ0v) is 7.94. The van der Waals surface area contributed by atoms with E-state index in [1.54, 1.807) is 12.4 Å². The van der Waals surface area contributed by atoms with Crippen LogP contribution in [0, 0.1) is 0 Å². The van der Waals surface area contributed by atoms with Crippen molar-refractivity contribution in [2.45, 2.75) is 20.1 Å². The van der Waals surface area contributed by atoms with Gasteiger partial charge in [0.15, 0.2) is 0 Å². The fourth-order valence-electron chi connectivity index (χ4n) is 1.24. The van der Waals surface area contributed by atoms with Crippen LogP contribution in [0.5, 0.6) is 0 Å². The number of aliphatic hydroxyl groups is 1. The summed E-state index contributed by atoms with van der Waals surface area (Å²) < 4.78 is 1.83. The number of rotatable bonds is 3. The molecule has 2 aromatic heterocycles. The van der Waals surface area contributed by atoms with Gasteiger partial charge >= 0.3 is 0 Å². The first kappa shape index (κ1) is 8.96. The fourth-order valence-corrected chi connectivity index (χ4v) is 1.24.